The Labute approximate surface area is 114 Å². The van der Waals surface area contributed by atoms with Crippen molar-refractivity contribution in [2.75, 3.05) is 40.4 Å². The summed E-state index contributed by atoms with van der Waals surface area (Å²) in [6.45, 7) is 6.28. The van der Waals surface area contributed by atoms with Crippen LogP contribution < -0.4 is 5.32 Å². The van der Waals surface area contributed by atoms with Gasteiger partial charge in [-0.05, 0) is 14.0 Å². The maximum atomic E-state index is 6.17. The third-order valence-electron chi connectivity index (χ3n) is 2.90. The first-order chi connectivity index (χ1) is 8.56. The molecule has 0 unspecified atom stereocenters. The normalized spacial score (nSPS) is 11.4. The Kier molecular flexibility index (Phi) is 6.63. The van der Waals surface area contributed by atoms with Crippen molar-refractivity contribution in [3.8, 4) is 0 Å². The summed E-state index contributed by atoms with van der Waals surface area (Å²) in [4.78, 5) is 2.23. The largest absolute Gasteiger partial charge is 0.383 e. The van der Waals surface area contributed by atoms with Crippen LogP contribution in [0.5, 0.6) is 0 Å². The lowest BCUT2D eigenvalue weighted by Gasteiger charge is -2.16. The molecule has 0 fully saturated rings. The van der Waals surface area contributed by atoms with E-state index in [1.54, 1.807) is 7.11 Å². The molecule has 0 saturated carbocycles. The molecule has 18 heavy (non-hydrogen) atoms. The summed E-state index contributed by atoms with van der Waals surface area (Å²) in [6, 6.07) is 0. The summed E-state index contributed by atoms with van der Waals surface area (Å²) < 4.78 is 6.86. The lowest BCUT2D eigenvalue weighted by Crippen LogP contribution is -2.31. The van der Waals surface area contributed by atoms with Crippen LogP contribution in [0.4, 0.5) is 0 Å². The molecule has 6 heteroatoms. The number of rotatable bonds is 8. The molecular weight excluding hydrogens is 252 g/mol. The zero-order valence-electron chi connectivity index (χ0n) is 11.7. The maximum absolute atomic E-state index is 6.17. The van der Waals surface area contributed by atoms with Crippen molar-refractivity contribution in [1.82, 2.24) is 20.0 Å². The van der Waals surface area contributed by atoms with E-state index >= 15 is 0 Å². The molecule has 0 atom stereocenters. The summed E-state index contributed by atoms with van der Waals surface area (Å²) in [5.41, 5.74) is 1.92. The number of hydrogen-bond acceptors (Lipinski definition) is 4. The highest BCUT2D eigenvalue weighted by molar-refractivity contribution is 6.31. The van der Waals surface area contributed by atoms with E-state index in [4.69, 9.17) is 16.3 Å². The van der Waals surface area contributed by atoms with Gasteiger partial charge < -0.3 is 15.0 Å². The Balaban J connectivity index is 2.25. The van der Waals surface area contributed by atoms with E-state index in [0.29, 0.717) is 0 Å². The van der Waals surface area contributed by atoms with E-state index in [0.717, 1.165) is 49.2 Å². The number of methoxy groups -OCH3 is 1. The van der Waals surface area contributed by atoms with Crippen molar-refractivity contribution in [3.63, 3.8) is 0 Å². The number of likely N-dealkylation sites (N-methyl/N-ethyl adjacent to an activating group) is 1. The van der Waals surface area contributed by atoms with Gasteiger partial charge in [-0.1, -0.05) is 11.6 Å². The average Bonchev–Trinajstić information content (AvgIpc) is 2.57. The Morgan fingerprint density at radius 2 is 2.17 bits per heavy atom. The highest BCUT2D eigenvalue weighted by atomic mass is 35.5. The molecule has 104 valence electrons. The smallest absolute Gasteiger partial charge is 0.0860 e. The van der Waals surface area contributed by atoms with E-state index in [2.05, 4.69) is 22.4 Å². The highest BCUT2D eigenvalue weighted by Gasteiger charge is 2.10. The molecule has 0 aromatic carbocycles. The van der Waals surface area contributed by atoms with Gasteiger partial charge in [0, 0.05) is 40.3 Å². The summed E-state index contributed by atoms with van der Waals surface area (Å²) in [6.07, 6.45) is 0. The van der Waals surface area contributed by atoms with Gasteiger partial charge in [-0.3, -0.25) is 4.68 Å². The second-order valence-electron chi connectivity index (χ2n) is 4.44. The molecular formula is C12H23ClN4O. The quantitative estimate of drug-likeness (QED) is 0.720. The second kappa shape index (κ2) is 7.74. The predicted molar refractivity (Wildman–Crippen MR) is 74.0 cm³/mol. The van der Waals surface area contributed by atoms with Crippen LogP contribution in [0.2, 0.25) is 5.02 Å². The van der Waals surface area contributed by atoms with Crippen LogP contribution in [-0.4, -0.2) is 55.1 Å². The monoisotopic (exact) mass is 274 g/mol. The lowest BCUT2D eigenvalue weighted by atomic mass is 10.3. The molecule has 0 spiro atoms. The standard InChI is InChI=1S/C12H23ClN4O/c1-10-12(13)11(17(3)15-10)9-14-5-6-16(2)7-8-18-4/h14H,5-9H2,1-4H3. The molecule has 1 N–H and O–H groups in total. The molecule has 1 rings (SSSR count). The molecule has 5 nitrogen and oxygen atoms in total. The first-order valence-electron chi connectivity index (χ1n) is 6.12. The number of ether oxygens (including phenoxy) is 1. The third-order valence-corrected chi connectivity index (χ3v) is 3.39. The third kappa shape index (κ3) is 4.57. The van der Waals surface area contributed by atoms with Crippen LogP contribution in [-0.2, 0) is 18.3 Å². The molecule has 0 radical (unpaired) electrons. The fourth-order valence-corrected chi connectivity index (χ4v) is 1.93. The Morgan fingerprint density at radius 1 is 1.44 bits per heavy atom. The molecule has 0 aliphatic rings. The van der Waals surface area contributed by atoms with Crippen LogP contribution in [0.1, 0.15) is 11.4 Å². The molecule has 1 aromatic heterocycles. The van der Waals surface area contributed by atoms with Gasteiger partial charge in [0.25, 0.3) is 0 Å². The summed E-state index contributed by atoms with van der Waals surface area (Å²) in [7, 11) is 5.72. The predicted octanol–water partition coefficient (Wildman–Crippen LogP) is 1.05. The summed E-state index contributed by atoms with van der Waals surface area (Å²) >= 11 is 6.17. The minimum absolute atomic E-state index is 0.744. The molecule has 0 bridgehead atoms. The van der Waals surface area contributed by atoms with Crippen LogP contribution >= 0.6 is 11.6 Å². The van der Waals surface area contributed by atoms with Crippen LogP contribution in [0.15, 0.2) is 0 Å². The lowest BCUT2D eigenvalue weighted by molar-refractivity contribution is 0.161. The van der Waals surface area contributed by atoms with Crippen LogP contribution in [0.25, 0.3) is 0 Å². The zero-order valence-corrected chi connectivity index (χ0v) is 12.4. The molecule has 0 amide bonds. The van der Waals surface area contributed by atoms with E-state index in [-0.39, 0.29) is 0 Å². The summed E-state index contributed by atoms with van der Waals surface area (Å²) in [5.74, 6) is 0. The van der Waals surface area contributed by atoms with Crippen molar-refractivity contribution >= 4 is 11.6 Å². The van der Waals surface area contributed by atoms with E-state index in [1.165, 1.54) is 0 Å². The van der Waals surface area contributed by atoms with Crippen LogP contribution in [0.3, 0.4) is 0 Å². The van der Waals surface area contributed by atoms with Crippen molar-refractivity contribution < 1.29 is 4.74 Å². The van der Waals surface area contributed by atoms with E-state index in [9.17, 15) is 0 Å². The Bertz CT molecular complexity index is 367. The topological polar surface area (TPSA) is 42.3 Å². The van der Waals surface area contributed by atoms with Gasteiger partial charge in [0.15, 0.2) is 0 Å². The van der Waals surface area contributed by atoms with Gasteiger partial charge in [0.05, 0.1) is 23.0 Å². The average molecular weight is 275 g/mol. The molecule has 0 aliphatic heterocycles. The van der Waals surface area contributed by atoms with E-state index in [1.807, 2.05) is 18.7 Å². The number of aryl methyl sites for hydroxylation is 2. The summed E-state index contributed by atoms with van der Waals surface area (Å²) in [5, 5.41) is 8.42. The Hall–Kier alpha value is -0.620. The number of nitrogens with zero attached hydrogens (tertiary/aromatic N) is 3. The minimum atomic E-state index is 0.744. The number of nitrogens with one attached hydrogen (secondary N) is 1. The first-order valence-corrected chi connectivity index (χ1v) is 6.50. The fourth-order valence-electron chi connectivity index (χ4n) is 1.71. The van der Waals surface area contributed by atoms with Gasteiger partial charge in [0.2, 0.25) is 0 Å². The van der Waals surface area contributed by atoms with Crippen LogP contribution in [0, 0.1) is 6.92 Å². The highest BCUT2D eigenvalue weighted by Crippen LogP contribution is 2.18. The first kappa shape index (κ1) is 15.4. The number of hydrogen-bond donors (Lipinski definition) is 1. The van der Waals surface area contributed by atoms with Gasteiger partial charge in [-0.2, -0.15) is 5.10 Å². The van der Waals surface area contributed by atoms with Gasteiger partial charge in [0.1, 0.15) is 0 Å². The second-order valence-corrected chi connectivity index (χ2v) is 4.82. The minimum Gasteiger partial charge on any atom is -0.383 e. The molecule has 1 heterocycles. The van der Waals surface area contributed by atoms with Crippen molar-refractivity contribution in [2.24, 2.45) is 7.05 Å². The molecule has 0 aliphatic carbocycles. The molecule has 0 saturated heterocycles. The SMILES string of the molecule is COCCN(C)CCNCc1c(Cl)c(C)nn1C. The van der Waals surface area contributed by atoms with Gasteiger partial charge in [-0.25, -0.2) is 0 Å². The zero-order chi connectivity index (χ0) is 13.5. The van der Waals surface area contributed by atoms with Crippen molar-refractivity contribution in [1.29, 1.82) is 0 Å². The van der Waals surface area contributed by atoms with E-state index < -0.39 is 0 Å². The fraction of sp³-hybridized carbons (Fsp3) is 0.750. The number of halogens is 1. The number of aromatic nitrogens is 2. The van der Waals surface area contributed by atoms with Gasteiger partial charge in [-0.15, -0.1) is 0 Å². The van der Waals surface area contributed by atoms with Crippen molar-refractivity contribution in [3.05, 3.63) is 16.4 Å². The van der Waals surface area contributed by atoms with Crippen molar-refractivity contribution in [2.45, 2.75) is 13.5 Å². The maximum Gasteiger partial charge on any atom is 0.0860 e. The van der Waals surface area contributed by atoms with Gasteiger partial charge >= 0.3 is 0 Å². The Morgan fingerprint density at radius 3 is 2.72 bits per heavy atom. The molecule has 1 aromatic rings.